The van der Waals surface area contributed by atoms with Gasteiger partial charge < -0.3 is 9.84 Å². The lowest BCUT2D eigenvalue weighted by Gasteiger charge is -2.04. The van der Waals surface area contributed by atoms with Crippen LogP contribution in [0.4, 0.5) is 0 Å². The molecule has 1 heterocycles. The Morgan fingerprint density at radius 3 is 2.67 bits per heavy atom. The van der Waals surface area contributed by atoms with Gasteiger partial charge in [0.1, 0.15) is 0 Å². The molecule has 0 bridgehead atoms. The lowest BCUT2D eigenvalue weighted by atomic mass is 10.1. The first kappa shape index (κ1) is 11.2. The second-order valence-electron chi connectivity index (χ2n) is 3.07. The van der Waals surface area contributed by atoms with E-state index in [4.69, 9.17) is 9.84 Å². The third-order valence-electron chi connectivity index (χ3n) is 1.88. The van der Waals surface area contributed by atoms with E-state index >= 15 is 0 Å². The Kier molecular flexibility index (Phi) is 3.38. The first-order valence-electron chi connectivity index (χ1n) is 4.30. The van der Waals surface area contributed by atoms with E-state index < -0.39 is 11.8 Å². The van der Waals surface area contributed by atoms with Crippen molar-refractivity contribution in [1.82, 2.24) is 4.98 Å². The van der Waals surface area contributed by atoms with Crippen molar-refractivity contribution in [3.8, 4) is 5.88 Å². The van der Waals surface area contributed by atoms with Crippen molar-refractivity contribution in [3.05, 3.63) is 23.4 Å². The highest BCUT2D eigenvalue weighted by Gasteiger charge is 2.13. The molecule has 0 amide bonds. The van der Waals surface area contributed by atoms with E-state index in [1.54, 1.807) is 13.0 Å². The van der Waals surface area contributed by atoms with Crippen molar-refractivity contribution in [2.45, 2.75) is 13.3 Å². The molecule has 0 aliphatic carbocycles. The van der Waals surface area contributed by atoms with Crippen molar-refractivity contribution in [1.29, 1.82) is 0 Å². The summed E-state index contributed by atoms with van der Waals surface area (Å²) in [6.45, 7) is 1.78. The molecule has 1 N–H and O–H groups in total. The maximum atomic E-state index is 10.9. The predicted molar refractivity (Wildman–Crippen MR) is 51.9 cm³/mol. The van der Waals surface area contributed by atoms with Crippen LogP contribution in [0.5, 0.6) is 5.88 Å². The van der Waals surface area contributed by atoms with E-state index in [1.807, 2.05) is 0 Å². The molecule has 0 atom stereocenters. The summed E-state index contributed by atoms with van der Waals surface area (Å²) < 4.78 is 4.94. The summed E-state index contributed by atoms with van der Waals surface area (Å²) in [4.78, 5) is 25.2. The van der Waals surface area contributed by atoms with Crippen LogP contribution < -0.4 is 4.74 Å². The van der Waals surface area contributed by atoms with Crippen molar-refractivity contribution < 1.29 is 19.4 Å². The zero-order valence-electron chi connectivity index (χ0n) is 8.48. The van der Waals surface area contributed by atoms with Gasteiger partial charge in [0, 0.05) is 18.2 Å². The largest absolute Gasteiger partial charge is 0.481 e. The third-order valence-corrected chi connectivity index (χ3v) is 1.88. The molecule has 15 heavy (non-hydrogen) atoms. The number of pyridine rings is 1. The van der Waals surface area contributed by atoms with Crippen LogP contribution in [-0.4, -0.2) is 29.0 Å². The van der Waals surface area contributed by atoms with E-state index in [9.17, 15) is 9.59 Å². The molecule has 0 aromatic carbocycles. The summed E-state index contributed by atoms with van der Waals surface area (Å²) in [6, 6.07) is 1.69. The number of aromatic nitrogens is 1. The van der Waals surface area contributed by atoms with Crippen LogP contribution >= 0.6 is 0 Å². The quantitative estimate of drug-likeness (QED) is 0.734. The number of aliphatic carboxylic acids is 1. The number of hydrogen-bond donors (Lipinski definition) is 1. The number of carboxylic acids is 1. The van der Waals surface area contributed by atoms with Crippen molar-refractivity contribution >= 4 is 11.8 Å². The SMILES string of the molecule is COc1ncc(CC(=O)C(=O)O)cc1C. The van der Waals surface area contributed by atoms with Gasteiger partial charge in [-0.2, -0.15) is 0 Å². The summed E-state index contributed by atoms with van der Waals surface area (Å²) in [6.07, 6.45) is 1.29. The molecule has 0 aliphatic heterocycles. The zero-order valence-corrected chi connectivity index (χ0v) is 8.48. The Morgan fingerprint density at radius 1 is 1.53 bits per heavy atom. The molecule has 0 fully saturated rings. The molecule has 1 rings (SSSR count). The molecular formula is C10H11NO4. The molecule has 1 aromatic rings. The van der Waals surface area contributed by atoms with Gasteiger partial charge in [0.05, 0.1) is 7.11 Å². The number of ketones is 1. The number of hydrogen-bond acceptors (Lipinski definition) is 4. The second-order valence-corrected chi connectivity index (χ2v) is 3.07. The number of carbonyl (C=O) groups excluding carboxylic acids is 1. The van der Waals surface area contributed by atoms with Gasteiger partial charge in [0.15, 0.2) is 0 Å². The van der Waals surface area contributed by atoms with Crippen LogP contribution in [0.25, 0.3) is 0 Å². The number of nitrogens with zero attached hydrogens (tertiary/aromatic N) is 1. The van der Waals surface area contributed by atoms with Crippen LogP contribution in [0.2, 0.25) is 0 Å². The van der Waals surface area contributed by atoms with Gasteiger partial charge in [0.2, 0.25) is 11.7 Å². The third kappa shape index (κ3) is 2.77. The maximum Gasteiger partial charge on any atom is 0.372 e. The Labute approximate surface area is 86.7 Å². The van der Waals surface area contributed by atoms with Gasteiger partial charge in [-0.15, -0.1) is 0 Å². The molecule has 5 heteroatoms. The average Bonchev–Trinajstić information content (AvgIpc) is 2.18. The number of aryl methyl sites for hydroxylation is 1. The van der Waals surface area contributed by atoms with E-state index in [2.05, 4.69) is 4.98 Å². The highest BCUT2D eigenvalue weighted by molar-refractivity contribution is 6.33. The minimum absolute atomic E-state index is 0.146. The Morgan fingerprint density at radius 2 is 2.20 bits per heavy atom. The molecule has 1 aromatic heterocycles. The molecule has 0 aliphatic rings. The summed E-state index contributed by atoms with van der Waals surface area (Å²) in [5.41, 5.74) is 1.34. The molecule has 0 unspecified atom stereocenters. The fourth-order valence-corrected chi connectivity index (χ4v) is 1.19. The lowest BCUT2D eigenvalue weighted by Crippen LogP contribution is -2.15. The summed E-state index contributed by atoms with van der Waals surface area (Å²) >= 11 is 0. The molecule has 80 valence electrons. The molecule has 0 radical (unpaired) electrons. The zero-order chi connectivity index (χ0) is 11.4. The van der Waals surface area contributed by atoms with Gasteiger partial charge in [-0.1, -0.05) is 0 Å². The van der Waals surface area contributed by atoms with Crippen LogP contribution in [0.1, 0.15) is 11.1 Å². The van der Waals surface area contributed by atoms with E-state index in [1.165, 1.54) is 13.3 Å². The molecule has 0 spiro atoms. The Bertz CT molecular complexity index is 400. The smallest absolute Gasteiger partial charge is 0.372 e. The molecule has 0 saturated carbocycles. The van der Waals surface area contributed by atoms with Gasteiger partial charge in [-0.3, -0.25) is 4.79 Å². The summed E-state index contributed by atoms with van der Waals surface area (Å²) in [5.74, 6) is -1.80. The van der Waals surface area contributed by atoms with Crippen molar-refractivity contribution in [3.63, 3.8) is 0 Å². The normalized spacial score (nSPS) is 9.73. The minimum atomic E-state index is -1.43. The van der Waals surface area contributed by atoms with E-state index in [-0.39, 0.29) is 6.42 Å². The Hall–Kier alpha value is -1.91. The maximum absolute atomic E-state index is 10.9. The number of methoxy groups -OCH3 is 1. The number of rotatable bonds is 4. The number of ether oxygens (including phenoxy) is 1. The fourth-order valence-electron chi connectivity index (χ4n) is 1.19. The monoisotopic (exact) mass is 209 g/mol. The van der Waals surface area contributed by atoms with Crippen LogP contribution in [0.3, 0.4) is 0 Å². The summed E-state index contributed by atoms with van der Waals surface area (Å²) in [7, 11) is 1.50. The fraction of sp³-hybridized carbons (Fsp3) is 0.300. The number of Topliss-reactive ketones (excluding diaryl/α,β-unsaturated/α-hetero) is 1. The van der Waals surface area contributed by atoms with Crippen LogP contribution in [-0.2, 0) is 16.0 Å². The standard InChI is InChI=1S/C10H11NO4/c1-6-3-7(4-8(12)10(13)14)5-11-9(6)15-2/h3,5H,4H2,1-2H3,(H,13,14). The number of carbonyl (C=O) groups is 2. The first-order chi connectivity index (χ1) is 7.04. The van der Waals surface area contributed by atoms with Gasteiger partial charge in [-0.25, -0.2) is 9.78 Å². The topological polar surface area (TPSA) is 76.5 Å². The Balaban J connectivity index is 2.84. The molecule has 0 saturated heterocycles. The van der Waals surface area contributed by atoms with E-state index in [0.29, 0.717) is 11.4 Å². The van der Waals surface area contributed by atoms with Crippen molar-refractivity contribution in [2.24, 2.45) is 0 Å². The highest BCUT2D eigenvalue weighted by atomic mass is 16.5. The van der Waals surface area contributed by atoms with E-state index in [0.717, 1.165) is 5.56 Å². The van der Waals surface area contributed by atoms with Crippen LogP contribution in [0.15, 0.2) is 12.3 Å². The van der Waals surface area contributed by atoms with Crippen LogP contribution in [0, 0.1) is 6.92 Å². The first-order valence-corrected chi connectivity index (χ1v) is 4.30. The predicted octanol–water partition coefficient (Wildman–Crippen LogP) is 0.595. The average molecular weight is 209 g/mol. The van der Waals surface area contributed by atoms with Gasteiger partial charge in [0.25, 0.3) is 0 Å². The lowest BCUT2D eigenvalue weighted by molar-refractivity contribution is -0.148. The van der Waals surface area contributed by atoms with Gasteiger partial charge in [-0.05, 0) is 18.6 Å². The molecular weight excluding hydrogens is 198 g/mol. The summed E-state index contributed by atoms with van der Waals surface area (Å²) in [5, 5.41) is 8.42. The second kappa shape index (κ2) is 4.54. The van der Waals surface area contributed by atoms with Crippen molar-refractivity contribution in [2.75, 3.05) is 7.11 Å². The minimum Gasteiger partial charge on any atom is -0.481 e. The highest BCUT2D eigenvalue weighted by Crippen LogP contribution is 2.14. The number of carboxylic acid groups (broad SMARTS) is 1. The molecule has 5 nitrogen and oxygen atoms in total. The van der Waals surface area contributed by atoms with Gasteiger partial charge >= 0.3 is 5.97 Å².